The first-order valence-electron chi connectivity index (χ1n) is 7.28. The normalized spacial score (nSPS) is 12.5. The maximum absolute atomic E-state index is 12.3. The van der Waals surface area contributed by atoms with Gasteiger partial charge in [-0.05, 0) is 42.8 Å². The first-order valence-corrected chi connectivity index (χ1v) is 9.55. The van der Waals surface area contributed by atoms with Gasteiger partial charge in [0.15, 0.2) is 9.84 Å². The highest BCUT2D eigenvalue weighted by Gasteiger charge is 2.18. The van der Waals surface area contributed by atoms with E-state index in [1.54, 1.807) is 55.6 Å². The number of nitrogens with zero attached hydrogens (tertiary/aromatic N) is 1. The molecule has 0 aliphatic heterocycles. The zero-order valence-corrected chi connectivity index (χ0v) is 15.2. The van der Waals surface area contributed by atoms with Gasteiger partial charge in [0.1, 0.15) is 0 Å². The standard InChI is InChI=1S/C17H19ClN2O3S/c1-12(13-7-9-16(10-8-13)24(3,22)23)20(2)17(21)19-15-6-4-5-14(18)11-15/h4-12H,1-3H3,(H,19,21). The molecule has 0 aromatic heterocycles. The van der Waals surface area contributed by atoms with Crippen LogP contribution in [0.2, 0.25) is 5.02 Å². The first-order chi connectivity index (χ1) is 11.2. The number of sulfone groups is 1. The Labute approximate surface area is 147 Å². The number of amides is 2. The molecule has 0 fully saturated rings. The molecule has 2 aromatic carbocycles. The number of hydrogen-bond donors (Lipinski definition) is 1. The Morgan fingerprint density at radius 2 is 1.79 bits per heavy atom. The van der Waals surface area contributed by atoms with Crippen molar-refractivity contribution in [2.24, 2.45) is 0 Å². The van der Waals surface area contributed by atoms with Crippen LogP contribution in [0.5, 0.6) is 0 Å². The molecule has 0 radical (unpaired) electrons. The molecule has 1 unspecified atom stereocenters. The van der Waals surface area contributed by atoms with Crippen LogP contribution in [0.3, 0.4) is 0 Å². The van der Waals surface area contributed by atoms with Crippen molar-refractivity contribution in [2.75, 3.05) is 18.6 Å². The average molecular weight is 367 g/mol. The van der Waals surface area contributed by atoms with Crippen LogP contribution in [0.1, 0.15) is 18.5 Å². The molecule has 1 atom stereocenters. The van der Waals surface area contributed by atoms with Crippen LogP contribution >= 0.6 is 11.6 Å². The van der Waals surface area contributed by atoms with E-state index in [0.29, 0.717) is 10.7 Å². The fourth-order valence-electron chi connectivity index (χ4n) is 2.17. The molecule has 5 nitrogen and oxygen atoms in total. The molecule has 0 saturated heterocycles. The third-order valence-corrected chi connectivity index (χ3v) is 5.13. The van der Waals surface area contributed by atoms with Crippen LogP contribution in [0.4, 0.5) is 10.5 Å². The largest absolute Gasteiger partial charge is 0.322 e. The van der Waals surface area contributed by atoms with E-state index in [1.165, 1.54) is 4.90 Å². The fourth-order valence-corrected chi connectivity index (χ4v) is 2.99. The minimum atomic E-state index is -3.23. The smallest absolute Gasteiger partial charge is 0.321 e. The molecular formula is C17H19ClN2O3S. The number of urea groups is 1. The van der Waals surface area contributed by atoms with E-state index in [4.69, 9.17) is 11.6 Å². The van der Waals surface area contributed by atoms with Crippen LogP contribution in [-0.4, -0.2) is 32.7 Å². The Kier molecular flexibility index (Phi) is 5.51. The molecule has 0 saturated carbocycles. The number of halogens is 1. The number of rotatable bonds is 4. The number of benzene rings is 2. The monoisotopic (exact) mass is 366 g/mol. The molecule has 128 valence electrons. The van der Waals surface area contributed by atoms with Gasteiger partial charge in [0, 0.05) is 24.0 Å². The zero-order valence-electron chi connectivity index (χ0n) is 13.7. The maximum atomic E-state index is 12.3. The number of anilines is 1. The molecule has 0 aliphatic rings. The third-order valence-electron chi connectivity index (χ3n) is 3.77. The summed E-state index contributed by atoms with van der Waals surface area (Å²) in [5.74, 6) is 0. The van der Waals surface area contributed by atoms with Crippen molar-refractivity contribution in [1.82, 2.24) is 4.90 Å². The Morgan fingerprint density at radius 1 is 1.17 bits per heavy atom. The number of nitrogens with one attached hydrogen (secondary N) is 1. The Bertz CT molecular complexity index is 835. The Morgan fingerprint density at radius 3 is 2.33 bits per heavy atom. The molecule has 0 spiro atoms. The molecule has 7 heteroatoms. The van der Waals surface area contributed by atoms with Crippen LogP contribution in [-0.2, 0) is 9.84 Å². The highest BCUT2D eigenvalue weighted by Crippen LogP contribution is 2.22. The van der Waals surface area contributed by atoms with Crippen molar-refractivity contribution in [3.8, 4) is 0 Å². The van der Waals surface area contributed by atoms with Gasteiger partial charge >= 0.3 is 6.03 Å². The van der Waals surface area contributed by atoms with Gasteiger partial charge in [-0.2, -0.15) is 0 Å². The summed E-state index contributed by atoms with van der Waals surface area (Å²) >= 11 is 5.90. The van der Waals surface area contributed by atoms with Gasteiger partial charge in [0.2, 0.25) is 0 Å². The van der Waals surface area contributed by atoms with E-state index in [0.717, 1.165) is 11.8 Å². The summed E-state index contributed by atoms with van der Waals surface area (Å²) in [6, 6.07) is 12.9. The van der Waals surface area contributed by atoms with Crippen molar-refractivity contribution in [3.63, 3.8) is 0 Å². The third kappa shape index (κ3) is 4.49. The lowest BCUT2D eigenvalue weighted by molar-refractivity contribution is 0.208. The van der Waals surface area contributed by atoms with Gasteiger partial charge in [0.05, 0.1) is 10.9 Å². The van der Waals surface area contributed by atoms with Crippen LogP contribution in [0.15, 0.2) is 53.4 Å². The highest BCUT2D eigenvalue weighted by atomic mass is 35.5. The lowest BCUT2D eigenvalue weighted by atomic mass is 10.1. The molecule has 1 N–H and O–H groups in total. The fraction of sp³-hybridized carbons (Fsp3) is 0.235. The second-order valence-corrected chi connectivity index (χ2v) is 8.02. The summed E-state index contributed by atoms with van der Waals surface area (Å²) in [4.78, 5) is 14.1. The Balaban J connectivity index is 2.10. The lowest BCUT2D eigenvalue weighted by Gasteiger charge is -2.25. The Hall–Kier alpha value is -2.05. The number of carbonyl (C=O) groups is 1. The van der Waals surface area contributed by atoms with E-state index in [2.05, 4.69) is 5.32 Å². The van der Waals surface area contributed by atoms with E-state index in [1.807, 2.05) is 6.92 Å². The van der Waals surface area contributed by atoms with E-state index in [9.17, 15) is 13.2 Å². The molecule has 24 heavy (non-hydrogen) atoms. The van der Waals surface area contributed by atoms with Gasteiger partial charge in [-0.15, -0.1) is 0 Å². The lowest BCUT2D eigenvalue weighted by Crippen LogP contribution is -2.33. The second-order valence-electron chi connectivity index (χ2n) is 5.57. The van der Waals surface area contributed by atoms with Crippen LogP contribution in [0, 0.1) is 0 Å². The summed E-state index contributed by atoms with van der Waals surface area (Å²) < 4.78 is 23.0. The first kappa shape index (κ1) is 18.3. The molecule has 0 aliphatic carbocycles. The molecule has 2 amide bonds. The summed E-state index contributed by atoms with van der Waals surface area (Å²) in [6.07, 6.45) is 1.16. The summed E-state index contributed by atoms with van der Waals surface area (Å²) in [7, 11) is -1.56. The SMILES string of the molecule is CC(c1ccc(S(C)(=O)=O)cc1)N(C)C(=O)Nc1cccc(Cl)c1. The average Bonchev–Trinajstić information content (AvgIpc) is 2.52. The quantitative estimate of drug-likeness (QED) is 0.890. The zero-order chi connectivity index (χ0) is 17.9. The van der Waals surface area contributed by atoms with Crippen molar-refractivity contribution >= 4 is 33.2 Å². The van der Waals surface area contributed by atoms with Gasteiger partial charge in [-0.1, -0.05) is 29.8 Å². The summed E-state index contributed by atoms with van der Waals surface area (Å²) in [5, 5.41) is 3.32. The predicted octanol–water partition coefficient (Wildman–Crippen LogP) is 3.97. The van der Waals surface area contributed by atoms with Gasteiger partial charge in [-0.3, -0.25) is 0 Å². The van der Waals surface area contributed by atoms with E-state index < -0.39 is 9.84 Å². The van der Waals surface area contributed by atoms with Gasteiger partial charge < -0.3 is 10.2 Å². The minimum Gasteiger partial charge on any atom is -0.321 e. The minimum absolute atomic E-state index is 0.224. The summed E-state index contributed by atoms with van der Waals surface area (Å²) in [5.41, 5.74) is 1.45. The van der Waals surface area contributed by atoms with Crippen molar-refractivity contribution < 1.29 is 13.2 Å². The van der Waals surface area contributed by atoms with Gasteiger partial charge in [-0.25, -0.2) is 13.2 Å². The topological polar surface area (TPSA) is 66.5 Å². The maximum Gasteiger partial charge on any atom is 0.322 e. The van der Waals surface area contributed by atoms with Crippen LogP contribution < -0.4 is 5.32 Å². The van der Waals surface area contributed by atoms with Crippen LogP contribution in [0.25, 0.3) is 0 Å². The summed E-state index contributed by atoms with van der Waals surface area (Å²) in [6.45, 7) is 1.87. The molecule has 0 heterocycles. The van der Waals surface area contributed by atoms with E-state index >= 15 is 0 Å². The molecule has 2 rings (SSSR count). The molecular weight excluding hydrogens is 348 g/mol. The predicted molar refractivity (Wildman–Crippen MR) is 96.2 cm³/mol. The van der Waals surface area contributed by atoms with E-state index in [-0.39, 0.29) is 17.0 Å². The molecule has 0 bridgehead atoms. The number of carbonyl (C=O) groups excluding carboxylic acids is 1. The second kappa shape index (κ2) is 7.23. The highest BCUT2D eigenvalue weighted by molar-refractivity contribution is 7.90. The van der Waals surface area contributed by atoms with Crippen molar-refractivity contribution in [2.45, 2.75) is 17.9 Å². The van der Waals surface area contributed by atoms with Gasteiger partial charge in [0.25, 0.3) is 0 Å². The number of hydrogen-bond acceptors (Lipinski definition) is 3. The molecule has 2 aromatic rings. The van der Waals surface area contributed by atoms with Crippen molar-refractivity contribution in [1.29, 1.82) is 0 Å². The van der Waals surface area contributed by atoms with Crippen molar-refractivity contribution in [3.05, 3.63) is 59.1 Å².